The lowest BCUT2D eigenvalue weighted by molar-refractivity contribution is 0.0384. The van der Waals surface area contributed by atoms with E-state index < -0.39 is 0 Å². The summed E-state index contributed by atoms with van der Waals surface area (Å²) in [5, 5.41) is 24.2. The molecular formula is C61H76N14O5. The Balaban J connectivity index is 0.988. The number of nitrogens with one attached hydrogen (secondary N) is 6. The van der Waals surface area contributed by atoms with Gasteiger partial charge >= 0.3 is 0 Å². The summed E-state index contributed by atoms with van der Waals surface area (Å²) in [6.45, 7) is 20.1. The van der Waals surface area contributed by atoms with E-state index in [1.165, 1.54) is 0 Å². The van der Waals surface area contributed by atoms with E-state index in [1.807, 2.05) is 85.6 Å². The number of carbonyl (C=O) groups is 2. The molecule has 2 unspecified atom stereocenters. The van der Waals surface area contributed by atoms with E-state index in [1.54, 1.807) is 12.4 Å². The number of hydrogen-bond donors (Lipinski definition) is 6. The summed E-state index contributed by atoms with van der Waals surface area (Å²) < 4.78 is 9.29. The summed E-state index contributed by atoms with van der Waals surface area (Å²) in [5.41, 5.74) is 10.7. The molecule has 6 aromatic heterocycles. The van der Waals surface area contributed by atoms with Crippen LogP contribution in [0.3, 0.4) is 0 Å². The molecule has 420 valence electrons. The first kappa shape index (κ1) is 57.0. The van der Waals surface area contributed by atoms with Gasteiger partial charge in [-0.15, -0.1) is 0 Å². The summed E-state index contributed by atoms with van der Waals surface area (Å²) in [6, 6.07) is 23.5. The van der Waals surface area contributed by atoms with Crippen LogP contribution in [-0.2, 0) is 30.9 Å². The number of benzene rings is 2. The molecular weight excluding hydrogens is 1010 g/mol. The second-order valence-electron chi connectivity index (χ2n) is 21.7. The number of morpholine rings is 1. The molecule has 2 atom stereocenters. The zero-order chi connectivity index (χ0) is 56.5. The summed E-state index contributed by atoms with van der Waals surface area (Å²) in [6.07, 6.45) is 5.72. The van der Waals surface area contributed by atoms with Crippen molar-refractivity contribution in [3.8, 4) is 22.5 Å². The number of fused-ring (bicyclic) bond motifs is 2. The van der Waals surface area contributed by atoms with Crippen molar-refractivity contribution >= 4 is 33.9 Å². The molecule has 6 N–H and O–H groups in total. The van der Waals surface area contributed by atoms with Gasteiger partial charge in [0.05, 0.1) is 71.0 Å². The van der Waals surface area contributed by atoms with Crippen molar-refractivity contribution in [2.24, 2.45) is 0 Å². The maximum absolute atomic E-state index is 14.4. The number of carbonyl (C=O) groups excluding carboxylic acids is 2. The molecule has 19 heteroatoms. The van der Waals surface area contributed by atoms with Crippen LogP contribution in [0.2, 0.25) is 0 Å². The van der Waals surface area contributed by atoms with Gasteiger partial charge in [-0.25, -0.2) is 19.3 Å². The van der Waals surface area contributed by atoms with Crippen LogP contribution in [0.4, 0.5) is 0 Å². The molecule has 0 spiro atoms. The van der Waals surface area contributed by atoms with Gasteiger partial charge in [-0.2, -0.15) is 10.2 Å². The van der Waals surface area contributed by atoms with E-state index in [9.17, 15) is 19.2 Å². The molecule has 0 aliphatic carbocycles. The number of amides is 2. The lowest BCUT2D eigenvalue weighted by atomic mass is 10.0. The highest BCUT2D eigenvalue weighted by atomic mass is 16.5. The van der Waals surface area contributed by atoms with Crippen molar-refractivity contribution in [1.29, 1.82) is 0 Å². The molecule has 7 heterocycles. The first-order chi connectivity index (χ1) is 38.6. The second kappa shape index (κ2) is 26.1. The number of rotatable bonds is 24. The van der Waals surface area contributed by atoms with Gasteiger partial charge in [-0.3, -0.25) is 24.1 Å². The Morgan fingerprint density at radius 2 is 1.12 bits per heavy atom. The Morgan fingerprint density at radius 1 is 0.650 bits per heavy atom. The summed E-state index contributed by atoms with van der Waals surface area (Å²) in [5.74, 6) is -0.687. The second-order valence-corrected chi connectivity index (χ2v) is 21.7. The first-order valence-electron chi connectivity index (χ1n) is 27.9. The van der Waals surface area contributed by atoms with Gasteiger partial charge in [-0.05, 0) is 147 Å². The van der Waals surface area contributed by atoms with Crippen LogP contribution in [0.5, 0.6) is 0 Å². The molecule has 1 aliphatic heterocycles. The predicted octanol–water partition coefficient (Wildman–Crippen LogP) is 7.05. The van der Waals surface area contributed by atoms with Crippen LogP contribution in [-0.4, -0.2) is 128 Å². The highest BCUT2D eigenvalue weighted by Crippen LogP contribution is 2.32. The lowest BCUT2D eigenvalue weighted by Crippen LogP contribution is -2.40. The number of ether oxygens (including phenoxy) is 1. The van der Waals surface area contributed by atoms with Crippen LogP contribution >= 0.6 is 0 Å². The van der Waals surface area contributed by atoms with Crippen molar-refractivity contribution in [3.05, 3.63) is 162 Å². The van der Waals surface area contributed by atoms with Crippen LogP contribution in [0.25, 0.3) is 44.6 Å². The zero-order valence-electron chi connectivity index (χ0n) is 47.5. The first-order valence-corrected chi connectivity index (χ1v) is 27.9. The Labute approximate surface area is 466 Å². The van der Waals surface area contributed by atoms with Gasteiger partial charge in [0.1, 0.15) is 0 Å². The van der Waals surface area contributed by atoms with Crippen molar-refractivity contribution in [3.63, 3.8) is 0 Å². The quantitative estimate of drug-likeness (QED) is 0.0334. The molecule has 80 heavy (non-hydrogen) atoms. The Morgan fingerprint density at radius 3 is 1.59 bits per heavy atom. The lowest BCUT2D eigenvalue weighted by Gasteiger charge is -2.26. The summed E-state index contributed by atoms with van der Waals surface area (Å²) >= 11 is 0. The van der Waals surface area contributed by atoms with Crippen molar-refractivity contribution in [1.82, 2.24) is 70.6 Å². The zero-order valence-corrected chi connectivity index (χ0v) is 47.5. The third-order valence-corrected chi connectivity index (χ3v) is 15.1. The Hall–Kier alpha value is -7.68. The average molecular weight is 1090 g/mol. The molecule has 0 saturated carbocycles. The van der Waals surface area contributed by atoms with Gasteiger partial charge in [0.25, 0.3) is 22.9 Å². The fourth-order valence-corrected chi connectivity index (χ4v) is 10.5. The average Bonchev–Trinajstić information content (AvgIpc) is 4.08. The van der Waals surface area contributed by atoms with Crippen LogP contribution in [0, 0.1) is 27.7 Å². The van der Waals surface area contributed by atoms with Gasteiger partial charge in [-0.1, -0.05) is 36.4 Å². The Bertz CT molecular complexity index is 3610. The molecule has 0 radical (unpaired) electrons. The highest BCUT2D eigenvalue weighted by Gasteiger charge is 2.24. The van der Waals surface area contributed by atoms with Crippen LogP contribution in [0.15, 0.2) is 94.8 Å². The molecule has 1 fully saturated rings. The third kappa shape index (κ3) is 13.8. The topological polar surface area (TPSA) is 225 Å². The number of aromatic nitrogens is 8. The van der Waals surface area contributed by atoms with Gasteiger partial charge < -0.3 is 40.9 Å². The fraction of sp³-hybridized carbons (Fsp3) is 0.410. The standard InChI is InChI=1S/C61H76N14O5/c1-38-26-40(3)68-60(78)50(38)34-64-58(76)48-30-54(46-14-9-12-44(28-46)32-62-18-11-20-72(7)8)70-56-52(48)36-66-74(56)42(5)16-17-43(6)75-57-53(37-67-75)49(59(77)65-35-51-39(2)27-41(4)69-61(51)79)31-55(71-57)47-15-10-13-45(29-47)33-63-19-21-73-22-24-80-25-23-73/h9-10,12-15,26-31,36-37,42-43,62-63H,11,16-25,32-35H2,1-8H3,(H,64,76)(H,65,77)(H,68,78)(H,69,79). The van der Waals surface area contributed by atoms with Crippen molar-refractivity contribution in [2.75, 3.05) is 66.6 Å². The number of hydrogen-bond acceptors (Lipinski definition) is 13. The minimum Gasteiger partial charge on any atom is -0.379 e. The normalized spacial score (nSPS) is 13.8. The van der Waals surface area contributed by atoms with Crippen LogP contribution in [0.1, 0.15) is 111 Å². The molecule has 2 amide bonds. The smallest absolute Gasteiger partial charge is 0.253 e. The largest absolute Gasteiger partial charge is 0.379 e. The third-order valence-electron chi connectivity index (χ3n) is 15.1. The minimum atomic E-state index is -0.344. The summed E-state index contributed by atoms with van der Waals surface area (Å²) in [7, 11) is 4.15. The SMILES string of the molecule is Cc1cc(C)c(CNC(=O)c2cc(-c3cccc(CNCCCN(C)C)c3)nc3c2cnn3C(C)CCC(C)n2ncc3c(C(=O)NCc4c(C)cc(C)[nH]c4=O)cc(-c4cccc(CNCCN5CCOCC5)c4)nc32)c(=O)[nH]1. The summed E-state index contributed by atoms with van der Waals surface area (Å²) in [4.78, 5) is 75.4. The molecule has 9 rings (SSSR count). The van der Waals surface area contributed by atoms with Crippen LogP contribution < -0.4 is 32.4 Å². The van der Waals surface area contributed by atoms with E-state index in [2.05, 4.69) is 93.2 Å². The molecule has 2 aromatic carbocycles. The van der Waals surface area contributed by atoms with E-state index >= 15 is 0 Å². The molecule has 1 saturated heterocycles. The number of H-pyrrole nitrogens is 2. The monoisotopic (exact) mass is 1080 g/mol. The Kier molecular flexibility index (Phi) is 18.6. The van der Waals surface area contributed by atoms with Crippen molar-refractivity contribution < 1.29 is 14.3 Å². The fourth-order valence-electron chi connectivity index (χ4n) is 10.5. The van der Waals surface area contributed by atoms with E-state index in [0.29, 0.717) is 81.6 Å². The number of nitrogens with zero attached hydrogens (tertiary/aromatic N) is 8. The number of aromatic amines is 2. The van der Waals surface area contributed by atoms with Gasteiger partial charge in [0.15, 0.2) is 11.3 Å². The maximum atomic E-state index is 14.4. The minimum absolute atomic E-state index is 0.0493. The molecule has 0 bridgehead atoms. The number of aryl methyl sites for hydroxylation is 4. The van der Waals surface area contributed by atoms with Crippen molar-refractivity contribution in [2.45, 2.75) is 99.1 Å². The molecule has 1 aliphatic rings. The molecule has 8 aromatic rings. The van der Waals surface area contributed by atoms with Gasteiger partial charge in [0, 0.05) is 86.0 Å². The molecule has 19 nitrogen and oxygen atoms in total. The van der Waals surface area contributed by atoms with E-state index in [-0.39, 0.29) is 48.1 Å². The highest BCUT2D eigenvalue weighted by molar-refractivity contribution is 6.07. The maximum Gasteiger partial charge on any atom is 0.253 e. The van der Waals surface area contributed by atoms with E-state index in [4.69, 9.17) is 24.9 Å². The number of pyridine rings is 4. The predicted molar refractivity (Wildman–Crippen MR) is 314 cm³/mol. The van der Waals surface area contributed by atoms with Gasteiger partial charge in [0.2, 0.25) is 0 Å². The van der Waals surface area contributed by atoms with E-state index in [0.717, 1.165) is 104 Å².